The first-order chi connectivity index (χ1) is 18.2. The zero-order chi connectivity index (χ0) is 25.5. The van der Waals surface area contributed by atoms with E-state index >= 15 is 0 Å². The van der Waals surface area contributed by atoms with E-state index < -0.39 is 0 Å². The zero-order valence-corrected chi connectivity index (χ0v) is 21.2. The van der Waals surface area contributed by atoms with Crippen LogP contribution in [0.15, 0.2) is 115 Å². The molecule has 1 fully saturated rings. The zero-order valence-electron chi connectivity index (χ0n) is 21.2. The van der Waals surface area contributed by atoms with E-state index in [1.54, 1.807) is 7.11 Å². The third kappa shape index (κ3) is 5.84. The second-order valence-electron chi connectivity index (χ2n) is 9.31. The molecule has 2 amide bonds. The van der Waals surface area contributed by atoms with E-state index in [-0.39, 0.29) is 18.1 Å². The number of hydrogen-bond acceptors (Lipinski definition) is 3. The molecule has 0 aliphatic carbocycles. The predicted molar refractivity (Wildman–Crippen MR) is 148 cm³/mol. The molecule has 0 bridgehead atoms. The summed E-state index contributed by atoms with van der Waals surface area (Å²) < 4.78 is 5.37. The van der Waals surface area contributed by atoms with E-state index in [1.807, 2.05) is 59.5 Å². The predicted octanol–water partition coefficient (Wildman–Crippen LogP) is 5.90. The van der Waals surface area contributed by atoms with Crippen LogP contribution in [0, 0.1) is 0 Å². The molecule has 0 aromatic heterocycles. The number of piperazine rings is 1. The molecule has 188 valence electrons. The van der Waals surface area contributed by atoms with Crippen molar-refractivity contribution >= 4 is 6.03 Å². The van der Waals surface area contributed by atoms with E-state index in [0.717, 1.165) is 30.0 Å². The second-order valence-corrected chi connectivity index (χ2v) is 9.31. The minimum absolute atomic E-state index is 0.0296. The summed E-state index contributed by atoms with van der Waals surface area (Å²) in [6.45, 7) is 2.92. The number of carbonyl (C=O) groups excluding carboxylic acids is 1. The molecule has 1 saturated heterocycles. The Morgan fingerprint density at radius 2 is 1.11 bits per heavy atom. The summed E-state index contributed by atoms with van der Waals surface area (Å²) in [7, 11) is 1.69. The van der Waals surface area contributed by atoms with Crippen molar-refractivity contribution in [3.05, 3.63) is 138 Å². The van der Waals surface area contributed by atoms with E-state index in [9.17, 15) is 4.79 Å². The van der Waals surface area contributed by atoms with Gasteiger partial charge in [-0.3, -0.25) is 4.90 Å². The van der Waals surface area contributed by atoms with Gasteiger partial charge < -0.3 is 15.0 Å². The molecule has 1 unspecified atom stereocenters. The molecule has 5 nitrogen and oxygen atoms in total. The summed E-state index contributed by atoms with van der Waals surface area (Å²) in [6.07, 6.45) is 0. The Kier molecular flexibility index (Phi) is 7.82. The van der Waals surface area contributed by atoms with Gasteiger partial charge in [-0.05, 0) is 34.4 Å². The lowest BCUT2D eigenvalue weighted by Gasteiger charge is -2.40. The topological polar surface area (TPSA) is 44.8 Å². The van der Waals surface area contributed by atoms with Crippen LogP contribution in [0.4, 0.5) is 4.79 Å². The summed E-state index contributed by atoms with van der Waals surface area (Å²) in [6, 6.07) is 39.1. The van der Waals surface area contributed by atoms with E-state index in [0.29, 0.717) is 13.1 Å². The smallest absolute Gasteiger partial charge is 0.318 e. The molecule has 1 heterocycles. The first-order valence-corrected chi connectivity index (χ1v) is 12.8. The highest BCUT2D eigenvalue weighted by atomic mass is 16.5. The van der Waals surface area contributed by atoms with Crippen LogP contribution in [0.5, 0.6) is 5.75 Å². The van der Waals surface area contributed by atoms with Crippen LogP contribution in [0.3, 0.4) is 0 Å². The van der Waals surface area contributed by atoms with Gasteiger partial charge in [0.15, 0.2) is 0 Å². The lowest BCUT2D eigenvalue weighted by molar-refractivity contribution is 0.119. The van der Waals surface area contributed by atoms with Gasteiger partial charge in [0, 0.05) is 26.2 Å². The number of hydrogen-bond donors (Lipinski definition) is 1. The Morgan fingerprint density at radius 3 is 1.59 bits per heavy atom. The molecule has 0 radical (unpaired) electrons. The molecule has 0 spiro atoms. The maximum absolute atomic E-state index is 13.4. The molecule has 37 heavy (non-hydrogen) atoms. The molecular weight excluding hydrogens is 458 g/mol. The summed E-state index contributed by atoms with van der Waals surface area (Å²) in [4.78, 5) is 17.8. The Hall–Kier alpha value is -4.09. The lowest BCUT2D eigenvalue weighted by Crippen LogP contribution is -2.53. The van der Waals surface area contributed by atoms with Crippen molar-refractivity contribution in [3.63, 3.8) is 0 Å². The fraction of sp³-hybridized carbons (Fsp3) is 0.219. The summed E-state index contributed by atoms with van der Waals surface area (Å²) >= 11 is 0. The standard InChI is InChI=1S/C32H33N3O2/c1-37-29-19-17-28(18-20-29)31(27-15-9-4-10-16-27)34-21-23-35(24-22-34)32(36)33-30(25-11-5-2-6-12-25)26-13-7-3-8-14-26/h2-20,30-31H,21-24H2,1H3,(H,33,36). The first kappa shape index (κ1) is 24.6. The Bertz CT molecular complexity index is 1220. The van der Waals surface area contributed by atoms with E-state index in [1.165, 1.54) is 11.1 Å². The van der Waals surface area contributed by atoms with Crippen molar-refractivity contribution in [2.45, 2.75) is 12.1 Å². The molecular formula is C32H33N3O2. The quantitative estimate of drug-likeness (QED) is 0.350. The van der Waals surface area contributed by atoms with E-state index in [4.69, 9.17) is 4.74 Å². The number of urea groups is 1. The average molecular weight is 492 g/mol. The highest BCUT2D eigenvalue weighted by Crippen LogP contribution is 2.31. The van der Waals surface area contributed by atoms with Crippen molar-refractivity contribution in [2.24, 2.45) is 0 Å². The van der Waals surface area contributed by atoms with Gasteiger partial charge >= 0.3 is 6.03 Å². The summed E-state index contributed by atoms with van der Waals surface area (Å²) in [5.41, 5.74) is 4.62. The molecule has 4 aromatic carbocycles. The van der Waals surface area contributed by atoms with Crippen LogP contribution in [0.1, 0.15) is 34.3 Å². The van der Waals surface area contributed by atoms with Gasteiger partial charge in [-0.2, -0.15) is 0 Å². The number of nitrogens with one attached hydrogen (secondary N) is 1. The van der Waals surface area contributed by atoms with Gasteiger partial charge in [-0.25, -0.2) is 4.79 Å². The molecule has 0 saturated carbocycles. The summed E-state index contributed by atoms with van der Waals surface area (Å²) in [5, 5.41) is 3.29. The number of amides is 2. The highest BCUT2D eigenvalue weighted by molar-refractivity contribution is 5.75. The van der Waals surface area contributed by atoms with Gasteiger partial charge in [-0.1, -0.05) is 103 Å². The molecule has 1 aliphatic rings. The number of ether oxygens (including phenoxy) is 1. The maximum atomic E-state index is 13.4. The fourth-order valence-electron chi connectivity index (χ4n) is 5.08. The van der Waals surface area contributed by atoms with Crippen molar-refractivity contribution in [1.29, 1.82) is 0 Å². The van der Waals surface area contributed by atoms with Crippen LogP contribution in [0.25, 0.3) is 0 Å². The van der Waals surface area contributed by atoms with Crippen molar-refractivity contribution in [3.8, 4) is 5.75 Å². The van der Waals surface area contributed by atoms with Gasteiger partial charge in [0.25, 0.3) is 0 Å². The number of rotatable bonds is 7. The van der Waals surface area contributed by atoms with Crippen LogP contribution in [-0.4, -0.2) is 49.1 Å². The Morgan fingerprint density at radius 1 is 0.649 bits per heavy atom. The largest absolute Gasteiger partial charge is 0.497 e. The molecule has 5 rings (SSSR count). The number of nitrogens with zero attached hydrogens (tertiary/aromatic N) is 2. The Balaban J connectivity index is 1.30. The number of carbonyl (C=O) groups is 1. The van der Waals surface area contributed by atoms with Crippen LogP contribution in [-0.2, 0) is 0 Å². The maximum Gasteiger partial charge on any atom is 0.318 e. The van der Waals surface area contributed by atoms with Gasteiger partial charge in [0.1, 0.15) is 5.75 Å². The Labute approximate surface area is 219 Å². The number of methoxy groups -OCH3 is 1. The first-order valence-electron chi connectivity index (χ1n) is 12.8. The summed E-state index contributed by atoms with van der Waals surface area (Å²) in [5.74, 6) is 0.850. The van der Waals surface area contributed by atoms with Gasteiger partial charge in [0.2, 0.25) is 0 Å². The van der Waals surface area contributed by atoms with Gasteiger partial charge in [-0.15, -0.1) is 0 Å². The van der Waals surface area contributed by atoms with Crippen molar-refractivity contribution in [1.82, 2.24) is 15.1 Å². The number of benzene rings is 4. The molecule has 1 N–H and O–H groups in total. The van der Waals surface area contributed by atoms with Crippen LogP contribution in [0.2, 0.25) is 0 Å². The van der Waals surface area contributed by atoms with Crippen LogP contribution >= 0.6 is 0 Å². The van der Waals surface area contributed by atoms with Crippen LogP contribution < -0.4 is 10.1 Å². The van der Waals surface area contributed by atoms with Crippen molar-refractivity contribution < 1.29 is 9.53 Å². The third-order valence-corrected chi connectivity index (χ3v) is 7.05. The normalized spacial score (nSPS) is 14.8. The second kappa shape index (κ2) is 11.8. The van der Waals surface area contributed by atoms with Gasteiger partial charge in [0.05, 0.1) is 19.2 Å². The fourth-order valence-corrected chi connectivity index (χ4v) is 5.08. The lowest BCUT2D eigenvalue weighted by atomic mass is 9.96. The third-order valence-electron chi connectivity index (χ3n) is 7.05. The molecule has 5 heteroatoms. The SMILES string of the molecule is COc1ccc(C(c2ccccc2)N2CCN(C(=O)NC(c3ccccc3)c3ccccc3)CC2)cc1. The monoisotopic (exact) mass is 491 g/mol. The highest BCUT2D eigenvalue weighted by Gasteiger charge is 2.29. The van der Waals surface area contributed by atoms with Crippen molar-refractivity contribution in [2.75, 3.05) is 33.3 Å². The minimum atomic E-state index is -0.190. The average Bonchev–Trinajstić information content (AvgIpc) is 2.98. The van der Waals surface area contributed by atoms with E-state index in [2.05, 4.69) is 70.9 Å². The molecule has 1 atom stereocenters. The minimum Gasteiger partial charge on any atom is -0.497 e. The molecule has 1 aliphatic heterocycles. The molecule has 4 aromatic rings.